The highest BCUT2D eigenvalue weighted by molar-refractivity contribution is 5.84. The van der Waals surface area contributed by atoms with E-state index in [-0.39, 0.29) is 13.2 Å². The van der Waals surface area contributed by atoms with Gasteiger partial charge in [0.2, 0.25) is 6.79 Å². The molecule has 1 aliphatic heterocycles. The molecule has 4 rings (SSSR count). The van der Waals surface area contributed by atoms with Gasteiger partial charge in [-0.25, -0.2) is 4.98 Å². The van der Waals surface area contributed by atoms with Crippen LogP contribution in [0, 0.1) is 0 Å². The van der Waals surface area contributed by atoms with Crippen LogP contribution in [0.3, 0.4) is 0 Å². The zero-order chi connectivity index (χ0) is 16.5. The van der Waals surface area contributed by atoms with E-state index < -0.39 is 5.97 Å². The number of fused-ring (bicyclic) bond motifs is 2. The summed E-state index contributed by atoms with van der Waals surface area (Å²) >= 11 is 0. The molecular formula is C18H16N2O4. The average molecular weight is 324 g/mol. The summed E-state index contributed by atoms with van der Waals surface area (Å²) in [5.74, 6) is 1.41. The predicted molar refractivity (Wildman–Crippen MR) is 88.2 cm³/mol. The van der Waals surface area contributed by atoms with Crippen molar-refractivity contribution in [2.75, 3.05) is 6.79 Å². The number of carboxylic acids is 1. The Morgan fingerprint density at radius 1 is 1.17 bits per heavy atom. The molecule has 1 N–H and O–H groups in total. The molecule has 0 atom stereocenters. The van der Waals surface area contributed by atoms with Crippen molar-refractivity contribution in [3.63, 3.8) is 0 Å². The van der Waals surface area contributed by atoms with Crippen molar-refractivity contribution < 1.29 is 19.4 Å². The minimum Gasteiger partial charge on any atom is -0.481 e. The second kappa shape index (κ2) is 5.88. The fourth-order valence-corrected chi connectivity index (χ4v) is 2.94. The van der Waals surface area contributed by atoms with Gasteiger partial charge < -0.3 is 19.1 Å². The summed E-state index contributed by atoms with van der Waals surface area (Å²) in [6, 6.07) is 13.7. The van der Waals surface area contributed by atoms with Crippen molar-refractivity contribution in [3.8, 4) is 22.9 Å². The van der Waals surface area contributed by atoms with Crippen LogP contribution in [-0.2, 0) is 11.3 Å². The Kier molecular flexibility index (Phi) is 3.57. The topological polar surface area (TPSA) is 73.6 Å². The third kappa shape index (κ3) is 2.56. The van der Waals surface area contributed by atoms with Gasteiger partial charge in [0.1, 0.15) is 5.82 Å². The minimum absolute atomic E-state index is 0.123. The number of aliphatic carboxylic acids is 1. The zero-order valence-electron chi connectivity index (χ0n) is 12.9. The van der Waals surface area contributed by atoms with E-state index in [1.54, 1.807) is 0 Å². The first kappa shape index (κ1) is 14.6. The lowest BCUT2D eigenvalue weighted by molar-refractivity contribution is -0.137. The van der Waals surface area contributed by atoms with Crippen molar-refractivity contribution in [2.45, 2.75) is 19.4 Å². The van der Waals surface area contributed by atoms with Crippen LogP contribution in [0.1, 0.15) is 12.8 Å². The maximum atomic E-state index is 10.8. The van der Waals surface area contributed by atoms with E-state index in [0.717, 1.165) is 22.4 Å². The lowest BCUT2D eigenvalue weighted by Gasteiger charge is -2.09. The van der Waals surface area contributed by atoms with E-state index in [1.165, 1.54) is 0 Å². The van der Waals surface area contributed by atoms with E-state index in [2.05, 4.69) is 4.57 Å². The molecule has 0 unspecified atom stereocenters. The number of hydrogen-bond acceptors (Lipinski definition) is 4. The molecule has 1 aliphatic rings. The number of benzene rings is 2. The van der Waals surface area contributed by atoms with Crippen LogP contribution in [0.5, 0.6) is 11.5 Å². The molecule has 0 aliphatic carbocycles. The average Bonchev–Trinajstić information content (AvgIpc) is 3.17. The number of rotatable bonds is 5. The predicted octanol–water partition coefficient (Wildman–Crippen LogP) is 3.30. The van der Waals surface area contributed by atoms with Gasteiger partial charge in [-0.3, -0.25) is 4.79 Å². The molecule has 24 heavy (non-hydrogen) atoms. The number of imidazole rings is 1. The Morgan fingerprint density at radius 2 is 1.92 bits per heavy atom. The molecule has 1 aromatic heterocycles. The number of carbonyl (C=O) groups is 1. The van der Waals surface area contributed by atoms with Gasteiger partial charge in [-0.1, -0.05) is 30.3 Å². The molecule has 0 fully saturated rings. The Balaban J connectivity index is 1.82. The quantitative estimate of drug-likeness (QED) is 0.779. The van der Waals surface area contributed by atoms with Crippen LogP contribution in [0.4, 0.5) is 0 Å². The van der Waals surface area contributed by atoms with Gasteiger partial charge in [-0.2, -0.15) is 0 Å². The third-order valence-corrected chi connectivity index (χ3v) is 4.05. The monoisotopic (exact) mass is 324 g/mol. The zero-order valence-corrected chi connectivity index (χ0v) is 12.9. The van der Waals surface area contributed by atoms with Gasteiger partial charge in [0.25, 0.3) is 0 Å². The molecule has 0 saturated heterocycles. The molecule has 0 saturated carbocycles. The highest BCUT2D eigenvalue weighted by Gasteiger charge is 2.19. The molecule has 3 aromatic rings. The second-order valence-electron chi connectivity index (χ2n) is 5.64. The van der Waals surface area contributed by atoms with Crippen molar-refractivity contribution in [3.05, 3.63) is 42.5 Å². The van der Waals surface area contributed by atoms with Gasteiger partial charge in [0, 0.05) is 30.7 Å². The van der Waals surface area contributed by atoms with Crippen LogP contribution in [0.25, 0.3) is 22.4 Å². The van der Waals surface area contributed by atoms with Gasteiger partial charge >= 0.3 is 5.97 Å². The normalized spacial score (nSPS) is 12.7. The first-order chi connectivity index (χ1) is 11.7. The number of hydrogen-bond donors (Lipinski definition) is 1. The first-order valence-corrected chi connectivity index (χ1v) is 7.79. The van der Waals surface area contributed by atoms with Crippen molar-refractivity contribution in [1.82, 2.24) is 9.55 Å². The van der Waals surface area contributed by atoms with Gasteiger partial charge in [-0.15, -0.1) is 0 Å². The van der Waals surface area contributed by atoms with E-state index >= 15 is 0 Å². The van der Waals surface area contributed by atoms with E-state index in [1.807, 2.05) is 42.5 Å². The van der Waals surface area contributed by atoms with Gasteiger partial charge in [0.05, 0.1) is 11.0 Å². The van der Waals surface area contributed by atoms with Crippen molar-refractivity contribution in [1.29, 1.82) is 0 Å². The fraction of sp³-hybridized carbons (Fsp3) is 0.222. The largest absolute Gasteiger partial charge is 0.481 e. The van der Waals surface area contributed by atoms with E-state index in [9.17, 15) is 4.79 Å². The Bertz CT molecular complexity index is 902. The standard InChI is InChI=1S/C18H16N2O4/c21-17(22)7-4-8-20-14-10-16-15(23-11-24-16)9-13(14)19-18(20)12-5-2-1-3-6-12/h1-3,5-6,9-10H,4,7-8,11H2,(H,21,22). The summed E-state index contributed by atoms with van der Waals surface area (Å²) < 4.78 is 12.9. The van der Waals surface area contributed by atoms with Crippen LogP contribution >= 0.6 is 0 Å². The first-order valence-electron chi connectivity index (χ1n) is 7.79. The molecular weight excluding hydrogens is 308 g/mol. The summed E-state index contributed by atoms with van der Waals surface area (Å²) in [5, 5.41) is 8.91. The summed E-state index contributed by atoms with van der Waals surface area (Å²) in [7, 11) is 0. The van der Waals surface area contributed by atoms with E-state index in [4.69, 9.17) is 19.6 Å². The number of nitrogens with zero attached hydrogens (tertiary/aromatic N) is 2. The van der Waals surface area contributed by atoms with Crippen LogP contribution in [0.2, 0.25) is 0 Å². The third-order valence-electron chi connectivity index (χ3n) is 4.05. The van der Waals surface area contributed by atoms with Crippen molar-refractivity contribution in [2.24, 2.45) is 0 Å². The maximum Gasteiger partial charge on any atom is 0.303 e. The molecule has 0 spiro atoms. The van der Waals surface area contributed by atoms with Crippen LogP contribution < -0.4 is 9.47 Å². The summed E-state index contributed by atoms with van der Waals surface area (Å²) in [4.78, 5) is 15.6. The Labute approximate surface area is 138 Å². The maximum absolute atomic E-state index is 10.8. The minimum atomic E-state index is -0.793. The summed E-state index contributed by atoms with van der Waals surface area (Å²) in [5.41, 5.74) is 2.72. The van der Waals surface area contributed by atoms with Crippen molar-refractivity contribution >= 4 is 17.0 Å². The molecule has 6 nitrogen and oxygen atoms in total. The molecule has 122 valence electrons. The van der Waals surface area contributed by atoms with Gasteiger partial charge in [0.15, 0.2) is 11.5 Å². The van der Waals surface area contributed by atoms with Crippen LogP contribution in [-0.4, -0.2) is 27.4 Å². The lowest BCUT2D eigenvalue weighted by Crippen LogP contribution is -2.04. The van der Waals surface area contributed by atoms with E-state index in [0.29, 0.717) is 24.5 Å². The Hall–Kier alpha value is -3.02. The number of carboxylic acid groups (broad SMARTS) is 1. The highest BCUT2D eigenvalue weighted by Crippen LogP contribution is 2.37. The fourth-order valence-electron chi connectivity index (χ4n) is 2.94. The molecule has 2 aromatic carbocycles. The molecule has 0 radical (unpaired) electrons. The lowest BCUT2D eigenvalue weighted by atomic mass is 10.2. The Morgan fingerprint density at radius 3 is 2.67 bits per heavy atom. The number of aromatic nitrogens is 2. The summed E-state index contributed by atoms with van der Waals surface area (Å²) in [6.07, 6.45) is 0.660. The molecule has 2 heterocycles. The van der Waals surface area contributed by atoms with Crippen LogP contribution in [0.15, 0.2) is 42.5 Å². The highest BCUT2D eigenvalue weighted by atomic mass is 16.7. The molecule has 0 amide bonds. The number of ether oxygens (including phenoxy) is 2. The number of aryl methyl sites for hydroxylation is 1. The second-order valence-corrected chi connectivity index (χ2v) is 5.64. The smallest absolute Gasteiger partial charge is 0.303 e. The molecule has 6 heteroatoms. The SMILES string of the molecule is O=C(O)CCCn1c(-c2ccccc2)nc2cc3c(cc21)OCO3. The molecule has 0 bridgehead atoms. The summed E-state index contributed by atoms with van der Waals surface area (Å²) in [6.45, 7) is 0.791. The van der Waals surface area contributed by atoms with Gasteiger partial charge in [-0.05, 0) is 6.42 Å².